The van der Waals surface area contributed by atoms with Crippen LogP contribution in [0.2, 0.25) is 0 Å². The molecule has 0 saturated carbocycles. The molecule has 0 bridgehead atoms. The number of rotatable bonds is 1. The van der Waals surface area contributed by atoms with Gasteiger partial charge in [0.1, 0.15) is 0 Å². The highest BCUT2D eigenvalue weighted by Gasteiger charge is 2.46. The van der Waals surface area contributed by atoms with Crippen LogP contribution in [0.3, 0.4) is 0 Å². The first-order valence-electron chi connectivity index (χ1n) is 7.69. The van der Waals surface area contributed by atoms with Crippen LogP contribution in [0.25, 0.3) is 0 Å². The predicted molar refractivity (Wildman–Crippen MR) is 82.6 cm³/mol. The number of aryl methyl sites for hydroxylation is 1. The van der Waals surface area contributed by atoms with Gasteiger partial charge in [-0.15, -0.1) is 0 Å². The van der Waals surface area contributed by atoms with Crippen LogP contribution in [-0.4, -0.2) is 19.0 Å². The van der Waals surface area contributed by atoms with Gasteiger partial charge >= 0.3 is 0 Å². The molecule has 1 fully saturated rings. The number of hydrogen-bond donors (Lipinski definition) is 0. The molecule has 1 aliphatic heterocycles. The highest BCUT2D eigenvalue weighted by molar-refractivity contribution is 6.03. The number of carbonyl (C=O) groups is 1. The van der Waals surface area contributed by atoms with Crippen LogP contribution in [0.15, 0.2) is 54.6 Å². The van der Waals surface area contributed by atoms with Gasteiger partial charge in [-0.2, -0.15) is 0 Å². The molecule has 1 aliphatic carbocycles. The summed E-state index contributed by atoms with van der Waals surface area (Å²) in [5, 5.41) is 0. The number of ketones is 1. The molecule has 0 atom stereocenters. The molecule has 3 nitrogen and oxygen atoms in total. The highest BCUT2D eigenvalue weighted by atomic mass is 16.7. The van der Waals surface area contributed by atoms with Crippen LogP contribution in [0.4, 0.5) is 0 Å². The minimum atomic E-state index is -0.514. The van der Waals surface area contributed by atoms with E-state index in [1.807, 2.05) is 54.6 Å². The maximum absolute atomic E-state index is 12.9. The monoisotopic (exact) mass is 294 g/mol. The zero-order valence-corrected chi connectivity index (χ0v) is 12.3. The van der Waals surface area contributed by atoms with E-state index in [0.29, 0.717) is 13.2 Å². The molecule has 0 aromatic heterocycles. The first-order valence-corrected chi connectivity index (χ1v) is 7.69. The van der Waals surface area contributed by atoms with Crippen molar-refractivity contribution >= 4 is 5.78 Å². The number of Topliss-reactive ketones (excluding diaryl/α,β-unsaturated/α-hetero) is 1. The molecule has 0 radical (unpaired) electrons. The fraction of sp³-hybridized carbons (Fsp3) is 0.316. The van der Waals surface area contributed by atoms with Gasteiger partial charge in [0.25, 0.3) is 0 Å². The minimum Gasteiger partial charge on any atom is -0.347 e. The van der Waals surface area contributed by atoms with Crippen LogP contribution < -0.4 is 0 Å². The van der Waals surface area contributed by atoms with Crippen molar-refractivity contribution in [1.82, 2.24) is 0 Å². The van der Waals surface area contributed by atoms with Crippen LogP contribution >= 0.6 is 0 Å². The SMILES string of the molecule is O=C1c2ccccc2CCC12COC(c1ccccc1)OC2. The largest absolute Gasteiger partial charge is 0.347 e. The Hall–Kier alpha value is -1.97. The molecule has 0 unspecified atom stereocenters. The molecule has 1 spiro atoms. The molecule has 0 N–H and O–H groups in total. The van der Waals surface area contributed by atoms with Crippen molar-refractivity contribution in [2.24, 2.45) is 5.41 Å². The van der Waals surface area contributed by atoms with E-state index in [9.17, 15) is 4.79 Å². The van der Waals surface area contributed by atoms with Crippen LogP contribution in [0.1, 0.15) is 34.2 Å². The lowest BCUT2D eigenvalue weighted by molar-refractivity contribution is -0.223. The molecule has 2 aromatic carbocycles. The predicted octanol–water partition coefficient (Wildman–Crippen LogP) is 3.55. The molecule has 4 rings (SSSR count). The first kappa shape index (κ1) is 13.7. The second kappa shape index (κ2) is 5.34. The third-order valence-electron chi connectivity index (χ3n) is 4.71. The van der Waals surface area contributed by atoms with Gasteiger partial charge in [0.15, 0.2) is 12.1 Å². The fourth-order valence-corrected chi connectivity index (χ4v) is 3.37. The van der Waals surface area contributed by atoms with Gasteiger partial charge in [-0.05, 0) is 18.4 Å². The Morgan fingerprint density at radius 3 is 2.36 bits per heavy atom. The van der Waals surface area contributed by atoms with Gasteiger partial charge in [-0.1, -0.05) is 54.6 Å². The smallest absolute Gasteiger partial charge is 0.183 e. The van der Waals surface area contributed by atoms with Gasteiger partial charge in [0.2, 0.25) is 0 Å². The Morgan fingerprint density at radius 1 is 0.909 bits per heavy atom. The Kier molecular flexibility index (Phi) is 3.32. The van der Waals surface area contributed by atoms with E-state index >= 15 is 0 Å². The Morgan fingerprint density at radius 2 is 1.59 bits per heavy atom. The van der Waals surface area contributed by atoms with Crippen molar-refractivity contribution < 1.29 is 14.3 Å². The zero-order valence-electron chi connectivity index (χ0n) is 12.3. The van der Waals surface area contributed by atoms with Crippen LogP contribution in [0, 0.1) is 5.41 Å². The highest BCUT2D eigenvalue weighted by Crippen LogP contribution is 2.41. The summed E-state index contributed by atoms with van der Waals surface area (Å²) in [5.41, 5.74) is 2.46. The molecule has 22 heavy (non-hydrogen) atoms. The lowest BCUT2D eigenvalue weighted by Crippen LogP contribution is -2.47. The van der Waals surface area contributed by atoms with Crippen molar-refractivity contribution in [3.05, 3.63) is 71.3 Å². The molecule has 1 heterocycles. The van der Waals surface area contributed by atoms with E-state index in [0.717, 1.165) is 29.5 Å². The van der Waals surface area contributed by atoms with Gasteiger partial charge in [-0.25, -0.2) is 0 Å². The standard InChI is InChI=1S/C19H18O3/c20-17-16-9-5-4-6-14(16)10-11-19(17)12-21-18(22-13-19)15-7-2-1-3-8-15/h1-9,18H,10-13H2. The molecular weight excluding hydrogens is 276 g/mol. The van der Waals surface area contributed by atoms with Crippen molar-refractivity contribution in [3.8, 4) is 0 Å². The van der Waals surface area contributed by atoms with Gasteiger partial charge in [0, 0.05) is 11.1 Å². The number of ether oxygens (including phenoxy) is 2. The van der Waals surface area contributed by atoms with E-state index in [-0.39, 0.29) is 12.1 Å². The molecule has 3 heteroatoms. The van der Waals surface area contributed by atoms with Crippen molar-refractivity contribution in [1.29, 1.82) is 0 Å². The van der Waals surface area contributed by atoms with Gasteiger partial charge < -0.3 is 9.47 Å². The molecular formula is C19H18O3. The lowest BCUT2D eigenvalue weighted by atomic mass is 9.71. The number of carbonyl (C=O) groups excluding carboxylic acids is 1. The zero-order chi connectivity index (χ0) is 15.0. The summed E-state index contributed by atoms with van der Waals surface area (Å²) in [7, 11) is 0. The number of fused-ring (bicyclic) bond motifs is 1. The Labute approximate surface area is 129 Å². The third-order valence-corrected chi connectivity index (χ3v) is 4.71. The van der Waals surface area contributed by atoms with E-state index in [4.69, 9.17) is 9.47 Å². The summed E-state index contributed by atoms with van der Waals surface area (Å²) in [6, 6.07) is 17.7. The van der Waals surface area contributed by atoms with E-state index in [1.54, 1.807) is 0 Å². The normalized spacial score (nSPS) is 27.6. The number of hydrogen-bond acceptors (Lipinski definition) is 3. The molecule has 0 amide bonds. The average molecular weight is 294 g/mol. The number of benzene rings is 2. The summed E-state index contributed by atoms with van der Waals surface area (Å²) in [4.78, 5) is 12.9. The minimum absolute atomic E-state index is 0.167. The summed E-state index contributed by atoms with van der Waals surface area (Å²) in [6.45, 7) is 0.861. The summed E-state index contributed by atoms with van der Waals surface area (Å²) in [5.74, 6) is 0.167. The molecule has 1 saturated heterocycles. The Bertz CT molecular complexity index is 685. The van der Waals surface area contributed by atoms with Gasteiger partial charge in [-0.3, -0.25) is 4.79 Å². The average Bonchev–Trinajstić information content (AvgIpc) is 2.60. The van der Waals surface area contributed by atoms with Crippen molar-refractivity contribution in [2.45, 2.75) is 19.1 Å². The van der Waals surface area contributed by atoms with Crippen molar-refractivity contribution in [2.75, 3.05) is 13.2 Å². The van der Waals surface area contributed by atoms with E-state index in [2.05, 4.69) is 0 Å². The quantitative estimate of drug-likeness (QED) is 0.807. The van der Waals surface area contributed by atoms with E-state index in [1.165, 1.54) is 0 Å². The summed E-state index contributed by atoms with van der Waals surface area (Å²) >= 11 is 0. The summed E-state index contributed by atoms with van der Waals surface area (Å²) in [6.07, 6.45) is 1.34. The second-order valence-electron chi connectivity index (χ2n) is 6.13. The third kappa shape index (κ3) is 2.18. The molecule has 2 aliphatic rings. The van der Waals surface area contributed by atoms with Gasteiger partial charge in [0.05, 0.1) is 18.6 Å². The Balaban J connectivity index is 1.55. The first-order chi connectivity index (χ1) is 10.8. The fourth-order valence-electron chi connectivity index (χ4n) is 3.37. The topological polar surface area (TPSA) is 35.5 Å². The second-order valence-corrected chi connectivity index (χ2v) is 6.13. The lowest BCUT2D eigenvalue weighted by Gasteiger charge is -2.41. The van der Waals surface area contributed by atoms with Crippen LogP contribution in [0.5, 0.6) is 0 Å². The van der Waals surface area contributed by atoms with E-state index < -0.39 is 5.41 Å². The molecule has 112 valence electrons. The maximum Gasteiger partial charge on any atom is 0.183 e. The van der Waals surface area contributed by atoms with Crippen LogP contribution in [-0.2, 0) is 15.9 Å². The van der Waals surface area contributed by atoms with Crippen molar-refractivity contribution in [3.63, 3.8) is 0 Å². The molecule has 2 aromatic rings. The maximum atomic E-state index is 12.9. The summed E-state index contributed by atoms with van der Waals surface area (Å²) < 4.78 is 11.8.